The summed E-state index contributed by atoms with van der Waals surface area (Å²) in [5.41, 5.74) is 1.02. The van der Waals surface area contributed by atoms with Gasteiger partial charge in [0.1, 0.15) is 11.6 Å². The second-order valence-corrected chi connectivity index (χ2v) is 5.89. The molecule has 1 heterocycles. The minimum Gasteiger partial charge on any atom is -0.373 e. The monoisotopic (exact) mass is 302 g/mol. The lowest BCUT2D eigenvalue weighted by Crippen LogP contribution is -2.17. The van der Waals surface area contributed by atoms with E-state index >= 15 is 0 Å². The molecule has 1 atom stereocenters. The van der Waals surface area contributed by atoms with E-state index in [1.807, 2.05) is 55.2 Å². The van der Waals surface area contributed by atoms with Crippen LogP contribution in [0.15, 0.2) is 36.4 Å². The van der Waals surface area contributed by atoms with E-state index in [1.165, 1.54) is 0 Å². The highest BCUT2D eigenvalue weighted by molar-refractivity contribution is 7.98. The van der Waals surface area contributed by atoms with Gasteiger partial charge in [-0.1, -0.05) is 30.3 Å². The van der Waals surface area contributed by atoms with Gasteiger partial charge in [-0.15, -0.1) is 0 Å². The Balaban J connectivity index is 2.22. The molecule has 0 aliphatic heterocycles. The van der Waals surface area contributed by atoms with E-state index in [0.29, 0.717) is 6.04 Å². The second kappa shape index (κ2) is 7.88. The van der Waals surface area contributed by atoms with Crippen molar-refractivity contribution in [3.05, 3.63) is 36.4 Å². The lowest BCUT2D eigenvalue weighted by molar-refractivity contribution is 0.766. The summed E-state index contributed by atoms with van der Waals surface area (Å²) in [6.45, 7) is 2.18. The maximum Gasteiger partial charge on any atom is 0.163 e. The van der Waals surface area contributed by atoms with E-state index in [-0.39, 0.29) is 0 Å². The summed E-state index contributed by atoms with van der Waals surface area (Å²) in [6.07, 6.45) is 3.24. The average Bonchev–Trinajstić information content (AvgIpc) is 2.53. The van der Waals surface area contributed by atoms with E-state index in [2.05, 4.69) is 33.8 Å². The van der Waals surface area contributed by atoms with Gasteiger partial charge in [0.2, 0.25) is 0 Å². The molecule has 0 radical (unpaired) electrons. The number of thioether (sulfide) groups is 1. The van der Waals surface area contributed by atoms with Crippen LogP contribution in [0.5, 0.6) is 0 Å². The molecule has 1 aromatic carbocycles. The number of benzene rings is 1. The van der Waals surface area contributed by atoms with Crippen molar-refractivity contribution in [2.24, 2.45) is 0 Å². The number of aromatic nitrogens is 2. The highest BCUT2D eigenvalue weighted by Gasteiger charge is 2.08. The van der Waals surface area contributed by atoms with Gasteiger partial charge in [0.25, 0.3) is 0 Å². The molecule has 1 aromatic heterocycles. The van der Waals surface area contributed by atoms with Gasteiger partial charge >= 0.3 is 0 Å². The van der Waals surface area contributed by atoms with Gasteiger partial charge in [-0.3, -0.25) is 0 Å². The molecule has 0 bridgehead atoms. The summed E-state index contributed by atoms with van der Waals surface area (Å²) in [5.74, 6) is 3.57. The molecule has 2 rings (SSSR count). The molecule has 0 spiro atoms. The molecule has 2 N–H and O–H groups in total. The van der Waals surface area contributed by atoms with E-state index in [4.69, 9.17) is 0 Å². The lowest BCUT2D eigenvalue weighted by Gasteiger charge is -2.15. The van der Waals surface area contributed by atoms with Crippen molar-refractivity contribution in [1.82, 2.24) is 9.97 Å². The van der Waals surface area contributed by atoms with Crippen LogP contribution in [-0.2, 0) is 0 Å². The molecule has 112 valence electrons. The van der Waals surface area contributed by atoms with Crippen molar-refractivity contribution < 1.29 is 0 Å². The SMILES string of the molecule is CNc1cc(NC(C)CCSC)nc(-c2ccccc2)n1. The summed E-state index contributed by atoms with van der Waals surface area (Å²) < 4.78 is 0. The van der Waals surface area contributed by atoms with E-state index in [0.717, 1.165) is 35.2 Å². The number of nitrogens with zero attached hydrogens (tertiary/aromatic N) is 2. The summed E-state index contributed by atoms with van der Waals surface area (Å²) >= 11 is 1.86. The van der Waals surface area contributed by atoms with Crippen molar-refractivity contribution in [2.45, 2.75) is 19.4 Å². The first-order valence-corrected chi connectivity index (χ1v) is 8.50. The number of hydrogen-bond acceptors (Lipinski definition) is 5. The van der Waals surface area contributed by atoms with Gasteiger partial charge < -0.3 is 10.6 Å². The predicted molar refractivity (Wildman–Crippen MR) is 93.1 cm³/mol. The molecule has 2 aromatic rings. The van der Waals surface area contributed by atoms with Crippen LogP contribution in [0, 0.1) is 0 Å². The highest BCUT2D eigenvalue weighted by Crippen LogP contribution is 2.20. The van der Waals surface area contributed by atoms with Crippen molar-refractivity contribution >= 4 is 23.4 Å². The Morgan fingerprint density at radius 3 is 2.52 bits per heavy atom. The van der Waals surface area contributed by atoms with E-state index < -0.39 is 0 Å². The Labute approximate surface area is 130 Å². The van der Waals surface area contributed by atoms with Crippen molar-refractivity contribution in [1.29, 1.82) is 0 Å². The largest absolute Gasteiger partial charge is 0.373 e. The first-order chi connectivity index (χ1) is 10.2. The lowest BCUT2D eigenvalue weighted by atomic mass is 10.2. The Kier molecular flexibility index (Phi) is 5.87. The molecule has 4 nitrogen and oxygen atoms in total. The quantitative estimate of drug-likeness (QED) is 0.816. The topological polar surface area (TPSA) is 49.8 Å². The van der Waals surface area contributed by atoms with E-state index in [9.17, 15) is 0 Å². The molecule has 0 aliphatic carbocycles. The summed E-state index contributed by atoms with van der Waals surface area (Å²) in [5, 5.41) is 6.56. The molecule has 0 saturated carbocycles. The zero-order chi connectivity index (χ0) is 15.1. The Hall–Kier alpha value is -1.75. The smallest absolute Gasteiger partial charge is 0.163 e. The highest BCUT2D eigenvalue weighted by atomic mass is 32.2. The van der Waals surface area contributed by atoms with Crippen LogP contribution in [0.4, 0.5) is 11.6 Å². The maximum absolute atomic E-state index is 4.63. The van der Waals surface area contributed by atoms with Crippen molar-refractivity contribution in [3.8, 4) is 11.4 Å². The van der Waals surface area contributed by atoms with Crippen molar-refractivity contribution in [2.75, 3.05) is 29.7 Å². The van der Waals surface area contributed by atoms with Gasteiger partial charge in [0.15, 0.2) is 5.82 Å². The molecule has 1 unspecified atom stereocenters. The van der Waals surface area contributed by atoms with Crippen LogP contribution in [0.2, 0.25) is 0 Å². The second-order valence-electron chi connectivity index (χ2n) is 4.90. The van der Waals surface area contributed by atoms with Crippen LogP contribution in [0.1, 0.15) is 13.3 Å². The fourth-order valence-electron chi connectivity index (χ4n) is 1.98. The molecule has 21 heavy (non-hydrogen) atoms. The molecule has 0 fully saturated rings. The predicted octanol–water partition coefficient (Wildman–Crippen LogP) is 3.74. The Morgan fingerprint density at radius 2 is 1.86 bits per heavy atom. The molecular formula is C16H22N4S. The van der Waals surface area contributed by atoms with E-state index in [1.54, 1.807) is 0 Å². The van der Waals surface area contributed by atoms with Crippen LogP contribution in [0.25, 0.3) is 11.4 Å². The van der Waals surface area contributed by atoms with Crippen molar-refractivity contribution in [3.63, 3.8) is 0 Å². The zero-order valence-electron chi connectivity index (χ0n) is 12.8. The van der Waals surface area contributed by atoms with Crippen LogP contribution < -0.4 is 10.6 Å². The maximum atomic E-state index is 4.63. The van der Waals surface area contributed by atoms with Crippen LogP contribution in [0.3, 0.4) is 0 Å². The average molecular weight is 302 g/mol. The number of rotatable bonds is 7. The van der Waals surface area contributed by atoms with Gasteiger partial charge in [-0.05, 0) is 25.4 Å². The Bertz CT molecular complexity index is 559. The van der Waals surface area contributed by atoms with Gasteiger partial charge in [0.05, 0.1) is 0 Å². The first kappa shape index (κ1) is 15.6. The minimum absolute atomic E-state index is 0.390. The molecular weight excluding hydrogens is 280 g/mol. The van der Waals surface area contributed by atoms with Gasteiger partial charge in [-0.25, -0.2) is 9.97 Å². The number of hydrogen-bond donors (Lipinski definition) is 2. The Morgan fingerprint density at radius 1 is 1.14 bits per heavy atom. The summed E-state index contributed by atoms with van der Waals surface area (Å²) in [4.78, 5) is 9.16. The molecule has 0 aliphatic rings. The fourth-order valence-corrected chi connectivity index (χ4v) is 2.57. The third kappa shape index (κ3) is 4.63. The van der Waals surface area contributed by atoms with Gasteiger partial charge in [-0.2, -0.15) is 11.8 Å². The van der Waals surface area contributed by atoms with Gasteiger partial charge in [0, 0.05) is 24.7 Å². The number of nitrogens with one attached hydrogen (secondary N) is 2. The summed E-state index contributed by atoms with van der Waals surface area (Å²) in [6, 6.07) is 12.4. The minimum atomic E-state index is 0.390. The third-order valence-electron chi connectivity index (χ3n) is 3.16. The number of anilines is 2. The zero-order valence-corrected chi connectivity index (χ0v) is 13.6. The fraction of sp³-hybridized carbons (Fsp3) is 0.375. The molecule has 0 amide bonds. The third-order valence-corrected chi connectivity index (χ3v) is 3.81. The first-order valence-electron chi connectivity index (χ1n) is 7.10. The van der Waals surface area contributed by atoms with Crippen LogP contribution in [-0.4, -0.2) is 35.1 Å². The standard InChI is InChI=1S/C16H22N4S/c1-12(9-10-21-3)18-15-11-14(17-2)19-16(20-15)13-7-5-4-6-8-13/h4-8,11-12H,9-10H2,1-3H3,(H2,17,18,19,20). The van der Waals surface area contributed by atoms with Crippen LogP contribution >= 0.6 is 11.8 Å². The molecule has 5 heteroatoms. The summed E-state index contributed by atoms with van der Waals surface area (Å²) in [7, 11) is 1.87. The normalized spacial score (nSPS) is 12.0. The molecule has 0 saturated heterocycles.